The van der Waals surface area contributed by atoms with Crippen LogP contribution in [0.4, 0.5) is 4.39 Å². The van der Waals surface area contributed by atoms with Crippen molar-refractivity contribution < 1.29 is 4.39 Å². The third kappa shape index (κ3) is 1.69. The minimum atomic E-state index is -1.02. The van der Waals surface area contributed by atoms with Gasteiger partial charge in [-0.15, -0.1) is 0 Å². The number of hydrogen-bond acceptors (Lipinski definition) is 1. The van der Waals surface area contributed by atoms with Crippen LogP contribution in [0.3, 0.4) is 0 Å². The Labute approximate surface area is 61.8 Å². The minimum absolute atomic E-state index is 0.208. The summed E-state index contributed by atoms with van der Waals surface area (Å²) in [6.45, 7) is 2.38. The van der Waals surface area contributed by atoms with Gasteiger partial charge < -0.3 is 5.73 Å². The third-order valence-corrected chi connectivity index (χ3v) is 2.54. The van der Waals surface area contributed by atoms with Crippen molar-refractivity contribution in [1.29, 1.82) is 0 Å². The fourth-order valence-corrected chi connectivity index (χ4v) is 1.48. The van der Waals surface area contributed by atoms with Crippen molar-refractivity contribution in [1.82, 2.24) is 0 Å². The average molecular weight is 145 g/mol. The molecular weight excluding hydrogens is 129 g/mol. The van der Waals surface area contributed by atoms with Crippen LogP contribution in [-0.2, 0) is 0 Å². The van der Waals surface area contributed by atoms with Gasteiger partial charge in [0.25, 0.3) is 0 Å². The van der Waals surface area contributed by atoms with E-state index in [1.165, 1.54) is 0 Å². The smallest absolute Gasteiger partial charge is 0.123 e. The molecule has 0 aromatic carbocycles. The molecule has 0 amide bonds. The standard InChI is InChI=1S/C8H16FN/c1-7-2-4-8(9,6-10)5-3-7/h7H,2-6,10H2,1H3. The second kappa shape index (κ2) is 2.87. The normalized spacial score (nSPS) is 41.7. The molecule has 0 heterocycles. The quantitative estimate of drug-likeness (QED) is 0.599. The molecule has 1 aliphatic rings. The Balaban J connectivity index is 2.38. The maximum atomic E-state index is 13.4. The van der Waals surface area contributed by atoms with Crippen LogP contribution >= 0.6 is 0 Å². The van der Waals surface area contributed by atoms with Crippen molar-refractivity contribution >= 4 is 0 Å². The fourth-order valence-electron chi connectivity index (χ4n) is 1.48. The van der Waals surface area contributed by atoms with Gasteiger partial charge in [-0.1, -0.05) is 6.92 Å². The summed E-state index contributed by atoms with van der Waals surface area (Å²) in [4.78, 5) is 0. The maximum Gasteiger partial charge on any atom is 0.123 e. The molecule has 1 rings (SSSR count). The van der Waals surface area contributed by atoms with Gasteiger partial charge >= 0.3 is 0 Å². The van der Waals surface area contributed by atoms with E-state index < -0.39 is 5.67 Å². The highest BCUT2D eigenvalue weighted by Crippen LogP contribution is 2.33. The number of halogens is 1. The van der Waals surface area contributed by atoms with Crippen molar-refractivity contribution in [2.75, 3.05) is 6.54 Å². The van der Waals surface area contributed by atoms with Gasteiger partial charge in [0.15, 0.2) is 0 Å². The van der Waals surface area contributed by atoms with Gasteiger partial charge in [0.05, 0.1) is 0 Å². The van der Waals surface area contributed by atoms with Gasteiger partial charge in [-0.25, -0.2) is 4.39 Å². The highest BCUT2D eigenvalue weighted by atomic mass is 19.1. The van der Waals surface area contributed by atoms with E-state index in [0.717, 1.165) is 12.8 Å². The summed E-state index contributed by atoms with van der Waals surface area (Å²) in [5, 5.41) is 0. The molecule has 0 aromatic rings. The molecule has 1 nitrogen and oxygen atoms in total. The van der Waals surface area contributed by atoms with Crippen molar-refractivity contribution in [2.45, 2.75) is 38.3 Å². The van der Waals surface area contributed by atoms with Crippen molar-refractivity contribution in [3.05, 3.63) is 0 Å². The lowest BCUT2D eigenvalue weighted by molar-refractivity contribution is 0.0965. The topological polar surface area (TPSA) is 26.0 Å². The predicted molar refractivity (Wildman–Crippen MR) is 40.5 cm³/mol. The van der Waals surface area contributed by atoms with Gasteiger partial charge in [-0.05, 0) is 31.6 Å². The molecule has 1 aliphatic carbocycles. The van der Waals surface area contributed by atoms with Crippen LogP contribution in [0.25, 0.3) is 0 Å². The lowest BCUT2D eigenvalue weighted by Gasteiger charge is -2.31. The van der Waals surface area contributed by atoms with Crippen LogP contribution < -0.4 is 5.73 Å². The number of alkyl halides is 1. The first-order valence-corrected chi connectivity index (χ1v) is 4.05. The Morgan fingerprint density at radius 1 is 1.50 bits per heavy atom. The molecule has 0 radical (unpaired) electrons. The molecule has 0 unspecified atom stereocenters. The van der Waals surface area contributed by atoms with E-state index >= 15 is 0 Å². The molecule has 0 aliphatic heterocycles. The second-order valence-electron chi connectivity index (χ2n) is 3.54. The van der Waals surface area contributed by atoms with Crippen molar-refractivity contribution in [3.63, 3.8) is 0 Å². The summed E-state index contributed by atoms with van der Waals surface area (Å²) in [6.07, 6.45) is 3.36. The number of hydrogen-bond donors (Lipinski definition) is 1. The zero-order valence-electron chi connectivity index (χ0n) is 6.57. The monoisotopic (exact) mass is 145 g/mol. The summed E-state index contributed by atoms with van der Waals surface area (Å²) in [7, 11) is 0. The molecule has 0 aromatic heterocycles. The minimum Gasteiger partial charge on any atom is -0.328 e. The third-order valence-electron chi connectivity index (χ3n) is 2.54. The van der Waals surface area contributed by atoms with Gasteiger partial charge in [0, 0.05) is 6.54 Å². The predicted octanol–water partition coefficient (Wildman–Crippen LogP) is 1.86. The van der Waals surface area contributed by atoms with E-state index in [0.29, 0.717) is 18.8 Å². The van der Waals surface area contributed by atoms with Gasteiger partial charge in [-0.3, -0.25) is 0 Å². The molecular formula is C8H16FN. The zero-order chi connectivity index (χ0) is 7.61. The molecule has 1 saturated carbocycles. The van der Waals surface area contributed by atoms with Gasteiger partial charge in [0.1, 0.15) is 5.67 Å². The van der Waals surface area contributed by atoms with E-state index in [9.17, 15) is 4.39 Å². The second-order valence-corrected chi connectivity index (χ2v) is 3.54. The fraction of sp³-hybridized carbons (Fsp3) is 1.00. The Bertz CT molecular complexity index is 106. The summed E-state index contributed by atoms with van der Waals surface area (Å²) in [5.41, 5.74) is 4.29. The maximum absolute atomic E-state index is 13.4. The molecule has 0 saturated heterocycles. The first-order chi connectivity index (χ1) is 4.66. The van der Waals surface area contributed by atoms with E-state index in [2.05, 4.69) is 6.92 Å². The van der Waals surface area contributed by atoms with Gasteiger partial charge in [0.2, 0.25) is 0 Å². The number of nitrogens with two attached hydrogens (primary N) is 1. The van der Waals surface area contributed by atoms with Crippen LogP contribution in [0.5, 0.6) is 0 Å². The summed E-state index contributed by atoms with van der Waals surface area (Å²) < 4.78 is 13.4. The van der Waals surface area contributed by atoms with E-state index in [-0.39, 0.29) is 6.54 Å². The summed E-state index contributed by atoms with van der Waals surface area (Å²) in [6, 6.07) is 0. The largest absolute Gasteiger partial charge is 0.328 e. The summed E-state index contributed by atoms with van der Waals surface area (Å²) >= 11 is 0. The first-order valence-electron chi connectivity index (χ1n) is 4.05. The van der Waals surface area contributed by atoms with Crippen molar-refractivity contribution in [3.8, 4) is 0 Å². The summed E-state index contributed by atoms with van der Waals surface area (Å²) in [5.74, 6) is 0.704. The highest BCUT2D eigenvalue weighted by molar-refractivity contribution is 4.85. The molecule has 0 atom stereocenters. The molecule has 0 spiro atoms. The van der Waals surface area contributed by atoms with Crippen LogP contribution in [0.15, 0.2) is 0 Å². The first kappa shape index (κ1) is 7.99. The Hall–Kier alpha value is -0.110. The molecule has 0 bridgehead atoms. The number of rotatable bonds is 1. The molecule has 60 valence electrons. The Morgan fingerprint density at radius 2 is 2.00 bits per heavy atom. The molecule has 2 heteroatoms. The van der Waals surface area contributed by atoms with Gasteiger partial charge in [-0.2, -0.15) is 0 Å². The Morgan fingerprint density at radius 3 is 2.40 bits per heavy atom. The molecule has 1 fully saturated rings. The van der Waals surface area contributed by atoms with Crippen LogP contribution in [0.2, 0.25) is 0 Å². The average Bonchev–Trinajstić information content (AvgIpc) is 1.96. The lowest BCUT2D eigenvalue weighted by Crippen LogP contribution is -2.36. The lowest BCUT2D eigenvalue weighted by atomic mass is 9.81. The highest BCUT2D eigenvalue weighted by Gasteiger charge is 2.32. The molecule has 10 heavy (non-hydrogen) atoms. The van der Waals surface area contributed by atoms with E-state index in [4.69, 9.17) is 5.73 Å². The SMILES string of the molecule is CC1CCC(F)(CN)CC1. The zero-order valence-corrected chi connectivity index (χ0v) is 6.57. The van der Waals surface area contributed by atoms with Crippen LogP contribution in [0, 0.1) is 5.92 Å². The van der Waals surface area contributed by atoms with Crippen LogP contribution in [0.1, 0.15) is 32.6 Å². The molecule has 2 N–H and O–H groups in total. The Kier molecular flexibility index (Phi) is 2.29. The van der Waals surface area contributed by atoms with E-state index in [1.54, 1.807) is 0 Å². The van der Waals surface area contributed by atoms with Crippen LogP contribution in [-0.4, -0.2) is 12.2 Å². The van der Waals surface area contributed by atoms with Crippen molar-refractivity contribution in [2.24, 2.45) is 11.7 Å². The van der Waals surface area contributed by atoms with E-state index in [1.807, 2.05) is 0 Å².